The van der Waals surface area contributed by atoms with Gasteiger partial charge in [0.15, 0.2) is 0 Å². The van der Waals surface area contributed by atoms with Crippen LogP contribution in [0, 0.1) is 0 Å². The zero-order valence-electron chi connectivity index (χ0n) is 7.70. The van der Waals surface area contributed by atoms with Crippen LogP contribution in [0.3, 0.4) is 0 Å². The Hall–Kier alpha value is -1.42. The maximum atomic E-state index is 10.5. The van der Waals surface area contributed by atoms with E-state index in [0.717, 1.165) is 0 Å². The molecule has 0 aliphatic carbocycles. The number of likely N-dealkylation sites (N-methyl/N-ethyl adjacent to an activating group) is 1. The molecular formula is C9H11ClN2O2. The van der Waals surface area contributed by atoms with Gasteiger partial charge in [0.25, 0.3) is 0 Å². The van der Waals surface area contributed by atoms with E-state index in [1.807, 2.05) is 0 Å². The molecule has 0 aliphatic heterocycles. The minimum absolute atomic E-state index is 0.0936. The minimum atomic E-state index is -0.902. The van der Waals surface area contributed by atoms with E-state index < -0.39 is 5.97 Å². The van der Waals surface area contributed by atoms with Crippen molar-refractivity contribution in [2.24, 2.45) is 0 Å². The monoisotopic (exact) mass is 214 g/mol. The molecule has 0 radical (unpaired) electrons. The van der Waals surface area contributed by atoms with Gasteiger partial charge in [0, 0.05) is 12.7 Å². The quantitative estimate of drug-likeness (QED) is 0.748. The highest BCUT2D eigenvalue weighted by Gasteiger charge is 2.08. The van der Waals surface area contributed by atoms with Gasteiger partial charge < -0.3 is 15.7 Å². The predicted octanol–water partition coefficient (Wildman–Crippen LogP) is 1.44. The second-order valence-electron chi connectivity index (χ2n) is 2.96. The molecule has 76 valence electrons. The Bertz CT molecular complexity index is 355. The summed E-state index contributed by atoms with van der Waals surface area (Å²) in [6.45, 7) is -0.0936. The second-order valence-corrected chi connectivity index (χ2v) is 3.37. The summed E-state index contributed by atoms with van der Waals surface area (Å²) in [6, 6.07) is 4.97. The maximum Gasteiger partial charge on any atom is 0.323 e. The molecule has 4 nitrogen and oxygen atoms in total. The van der Waals surface area contributed by atoms with Crippen molar-refractivity contribution in [1.29, 1.82) is 0 Å². The lowest BCUT2D eigenvalue weighted by Crippen LogP contribution is -2.25. The predicted molar refractivity (Wildman–Crippen MR) is 56.8 cm³/mol. The Balaban J connectivity index is 2.90. The van der Waals surface area contributed by atoms with Crippen molar-refractivity contribution >= 4 is 28.9 Å². The summed E-state index contributed by atoms with van der Waals surface area (Å²) in [7, 11) is 1.66. The van der Waals surface area contributed by atoms with E-state index in [0.29, 0.717) is 16.4 Å². The van der Waals surface area contributed by atoms with Crippen LogP contribution in [0.15, 0.2) is 18.2 Å². The molecule has 0 atom stereocenters. The Kier molecular flexibility index (Phi) is 3.19. The topological polar surface area (TPSA) is 66.6 Å². The first-order chi connectivity index (χ1) is 6.50. The lowest BCUT2D eigenvalue weighted by Gasteiger charge is -2.18. The zero-order chi connectivity index (χ0) is 10.7. The van der Waals surface area contributed by atoms with Crippen molar-refractivity contribution in [3.8, 4) is 0 Å². The van der Waals surface area contributed by atoms with Gasteiger partial charge in [-0.15, -0.1) is 0 Å². The number of aliphatic carboxylic acids is 1. The normalized spacial score (nSPS) is 9.86. The van der Waals surface area contributed by atoms with Gasteiger partial charge in [-0.3, -0.25) is 4.79 Å². The van der Waals surface area contributed by atoms with Gasteiger partial charge in [0.1, 0.15) is 6.54 Å². The molecule has 0 bridgehead atoms. The highest BCUT2D eigenvalue weighted by atomic mass is 35.5. The molecule has 14 heavy (non-hydrogen) atoms. The number of anilines is 2. The number of rotatable bonds is 3. The number of carbonyl (C=O) groups is 1. The fraction of sp³-hybridized carbons (Fsp3) is 0.222. The van der Waals surface area contributed by atoms with Crippen LogP contribution in [0.1, 0.15) is 0 Å². The van der Waals surface area contributed by atoms with Gasteiger partial charge in [-0.1, -0.05) is 11.6 Å². The molecule has 3 N–H and O–H groups in total. The van der Waals surface area contributed by atoms with Crippen LogP contribution in [0.4, 0.5) is 11.4 Å². The van der Waals surface area contributed by atoms with Crippen LogP contribution in [0.25, 0.3) is 0 Å². The highest BCUT2D eigenvalue weighted by Crippen LogP contribution is 2.26. The summed E-state index contributed by atoms with van der Waals surface area (Å²) >= 11 is 5.89. The van der Waals surface area contributed by atoms with E-state index in [2.05, 4.69) is 0 Å². The van der Waals surface area contributed by atoms with Crippen LogP contribution in [-0.4, -0.2) is 24.7 Å². The molecule has 0 fully saturated rings. The molecule has 1 aromatic carbocycles. The first-order valence-electron chi connectivity index (χ1n) is 3.98. The molecule has 1 rings (SSSR count). The number of carboxylic acids is 1. The number of benzene rings is 1. The summed E-state index contributed by atoms with van der Waals surface area (Å²) in [5, 5.41) is 9.03. The lowest BCUT2D eigenvalue weighted by molar-refractivity contribution is -0.135. The Morgan fingerprint density at radius 3 is 2.79 bits per heavy atom. The number of hydrogen-bond donors (Lipinski definition) is 2. The fourth-order valence-corrected chi connectivity index (χ4v) is 1.45. The molecule has 0 aromatic heterocycles. The molecule has 0 amide bonds. The van der Waals surface area contributed by atoms with E-state index in [1.165, 1.54) is 0 Å². The highest BCUT2D eigenvalue weighted by molar-refractivity contribution is 6.33. The molecule has 0 saturated carbocycles. The molecule has 0 unspecified atom stereocenters. The van der Waals surface area contributed by atoms with Gasteiger partial charge in [0.05, 0.1) is 10.7 Å². The van der Waals surface area contributed by atoms with Gasteiger partial charge in [-0.25, -0.2) is 0 Å². The molecule has 0 heterocycles. The van der Waals surface area contributed by atoms with Crippen molar-refractivity contribution in [2.45, 2.75) is 0 Å². The minimum Gasteiger partial charge on any atom is -0.480 e. The van der Waals surface area contributed by atoms with Gasteiger partial charge >= 0.3 is 5.97 Å². The summed E-state index contributed by atoms with van der Waals surface area (Å²) in [6.07, 6.45) is 0. The summed E-state index contributed by atoms with van der Waals surface area (Å²) in [4.78, 5) is 12.0. The number of hydrogen-bond acceptors (Lipinski definition) is 3. The average Bonchev–Trinajstić information content (AvgIpc) is 2.01. The standard InChI is InChI=1S/C9H11ClN2O2/c1-12(5-9(13)14)8-3-2-6(11)4-7(8)10/h2-4H,5,11H2,1H3,(H,13,14). The van der Waals surface area contributed by atoms with Crippen LogP contribution in [-0.2, 0) is 4.79 Å². The second kappa shape index (κ2) is 4.19. The molecule has 0 saturated heterocycles. The summed E-state index contributed by atoms with van der Waals surface area (Å²) < 4.78 is 0. The Morgan fingerprint density at radius 1 is 1.64 bits per heavy atom. The molecule has 5 heteroatoms. The van der Waals surface area contributed by atoms with Crippen LogP contribution in [0.2, 0.25) is 5.02 Å². The zero-order valence-corrected chi connectivity index (χ0v) is 8.45. The summed E-state index contributed by atoms with van der Waals surface area (Å²) in [5.41, 5.74) is 6.72. The van der Waals surface area contributed by atoms with E-state index >= 15 is 0 Å². The van der Waals surface area contributed by atoms with Gasteiger partial charge in [-0.05, 0) is 18.2 Å². The average molecular weight is 215 g/mol. The third kappa shape index (κ3) is 2.53. The molecule has 0 aliphatic rings. The van der Waals surface area contributed by atoms with E-state index in [4.69, 9.17) is 22.4 Å². The van der Waals surface area contributed by atoms with Crippen LogP contribution < -0.4 is 10.6 Å². The van der Waals surface area contributed by atoms with Gasteiger partial charge in [0.2, 0.25) is 0 Å². The fourth-order valence-electron chi connectivity index (χ4n) is 1.12. The van der Waals surface area contributed by atoms with Crippen LogP contribution in [0.5, 0.6) is 0 Å². The first-order valence-corrected chi connectivity index (χ1v) is 4.36. The number of nitrogens with zero attached hydrogens (tertiary/aromatic N) is 1. The third-order valence-electron chi connectivity index (χ3n) is 1.76. The molecular weight excluding hydrogens is 204 g/mol. The Labute approximate surface area is 86.9 Å². The summed E-state index contributed by atoms with van der Waals surface area (Å²) in [5.74, 6) is -0.902. The van der Waals surface area contributed by atoms with E-state index in [1.54, 1.807) is 30.1 Å². The molecule has 0 spiro atoms. The third-order valence-corrected chi connectivity index (χ3v) is 2.06. The van der Waals surface area contributed by atoms with E-state index in [-0.39, 0.29) is 6.54 Å². The number of carboxylic acid groups (broad SMARTS) is 1. The van der Waals surface area contributed by atoms with Crippen molar-refractivity contribution in [3.63, 3.8) is 0 Å². The van der Waals surface area contributed by atoms with Gasteiger partial charge in [-0.2, -0.15) is 0 Å². The largest absolute Gasteiger partial charge is 0.480 e. The first kappa shape index (κ1) is 10.7. The Morgan fingerprint density at radius 2 is 2.29 bits per heavy atom. The smallest absolute Gasteiger partial charge is 0.323 e. The van der Waals surface area contributed by atoms with E-state index in [9.17, 15) is 4.79 Å². The number of nitrogen functional groups attached to an aromatic ring is 1. The molecule has 1 aromatic rings. The number of halogens is 1. The lowest BCUT2D eigenvalue weighted by atomic mass is 10.2. The SMILES string of the molecule is CN(CC(=O)O)c1ccc(N)cc1Cl. The van der Waals surface area contributed by atoms with Crippen molar-refractivity contribution in [3.05, 3.63) is 23.2 Å². The number of nitrogens with two attached hydrogens (primary N) is 1. The van der Waals surface area contributed by atoms with Crippen LogP contribution >= 0.6 is 11.6 Å². The maximum absolute atomic E-state index is 10.5. The van der Waals surface area contributed by atoms with Crippen molar-refractivity contribution < 1.29 is 9.90 Å². The van der Waals surface area contributed by atoms with Crippen molar-refractivity contribution in [2.75, 3.05) is 24.2 Å². The van der Waals surface area contributed by atoms with Crippen molar-refractivity contribution in [1.82, 2.24) is 0 Å².